The lowest BCUT2D eigenvalue weighted by molar-refractivity contribution is 0.102. The highest BCUT2D eigenvalue weighted by Gasteiger charge is 2.21. The first-order valence-electron chi connectivity index (χ1n) is 10.2. The van der Waals surface area contributed by atoms with Crippen LogP contribution in [-0.2, 0) is 6.54 Å². The molecule has 1 unspecified atom stereocenters. The number of para-hydroxylation sites is 2. The third-order valence-electron chi connectivity index (χ3n) is 4.83. The minimum atomic E-state index is -0.398. The zero-order valence-electron chi connectivity index (χ0n) is 19.1. The van der Waals surface area contributed by atoms with Crippen molar-refractivity contribution in [2.45, 2.75) is 24.7 Å². The van der Waals surface area contributed by atoms with E-state index in [1.54, 1.807) is 38.5 Å². The number of allylic oxidation sites excluding steroid dienone is 1. The predicted octanol–water partition coefficient (Wildman–Crippen LogP) is 4.60. The summed E-state index contributed by atoms with van der Waals surface area (Å²) in [4.78, 5) is 12.8. The van der Waals surface area contributed by atoms with Gasteiger partial charge in [-0.15, -0.1) is 16.8 Å². The van der Waals surface area contributed by atoms with Crippen LogP contribution in [0.4, 0.5) is 0 Å². The molecule has 0 N–H and O–H groups in total. The van der Waals surface area contributed by atoms with Gasteiger partial charge in [-0.3, -0.25) is 9.36 Å². The van der Waals surface area contributed by atoms with Crippen LogP contribution in [0.3, 0.4) is 0 Å². The standard InChI is InChI=1S/C24H27N3O5S/c1-6-13-27-23(16(2)32-21-10-8-7-9-19(21)29-3)25-26-24(27)33-15-18(28)17-11-12-20(30-4)22(14-17)31-5/h6-12,14,16H,1,13,15H2,2-5H3. The molecule has 0 aliphatic heterocycles. The molecule has 1 aromatic heterocycles. The molecule has 0 bridgehead atoms. The number of hydrogen-bond donors (Lipinski definition) is 0. The van der Waals surface area contributed by atoms with Crippen LogP contribution in [0.25, 0.3) is 0 Å². The quantitative estimate of drug-likeness (QED) is 0.216. The van der Waals surface area contributed by atoms with E-state index in [1.165, 1.54) is 18.9 Å². The number of nitrogens with zero attached hydrogens (tertiary/aromatic N) is 3. The average Bonchev–Trinajstić information content (AvgIpc) is 3.25. The lowest BCUT2D eigenvalue weighted by atomic mass is 10.1. The molecule has 0 aliphatic carbocycles. The van der Waals surface area contributed by atoms with Gasteiger partial charge >= 0.3 is 0 Å². The second-order valence-corrected chi connectivity index (χ2v) is 7.88. The number of carbonyl (C=O) groups excluding carboxylic acids is 1. The van der Waals surface area contributed by atoms with Crippen LogP contribution in [0.2, 0.25) is 0 Å². The Balaban J connectivity index is 1.75. The number of aromatic nitrogens is 3. The van der Waals surface area contributed by atoms with E-state index in [0.717, 1.165) is 0 Å². The molecule has 3 aromatic rings. The van der Waals surface area contributed by atoms with Gasteiger partial charge in [-0.05, 0) is 37.3 Å². The van der Waals surface area contributed by atoms with Crippen molar-refractivity contribution < 1.29 is 23.7 Å². The second kappa shape index (κ2) is 11.4. The first-order chi connectivity index (χ1) is 16.0. The van der Waals surface area contributed by atoms with E-state index in [-0.39, 0.29) is 11.5 Å². The Bertz CT molecular complexity index is 1120. The van der Waals surface area contributed by atoms with Crippen LogP contribution in [0.5, 0.6) is 23.0 Å². The molecule has 0 saturated carbocycles. The Kier molecular flexibility index (Phi) is 8.37. The van der Waals surface area contributed by atoms with E-state index in [0.29, 0.717) is 46.1 Å². The fourth-order valence-corrected chi connectivity index (χ4v) is 4.04. The van der Waals surface area contributed by atoms with Crippen molar-refractivity contribution in [3.63, 3.8) is 0 Å². The lowest BCUT2D eigenvalue weighted by Crippen LogP contribution is -2.13. The normalized spacial score (nSPS) is 11.5. The molecule has 2 aromatic carbocycles. The molecule has 0 fully saturated rings. The van der Waals surface area contributed by atoms with Crippen LogP contribution < -0.4 is 18.9 Å². The lowest BCUT2D eigenvalue weighted by Gasteiger charge is -2.17. The summed E-state index contributed by atoms with van der Waals surface area (Å²) < 4.78 is 23.9. The largest absolute Gasteiger partial charge is 0.493 e. The minimum Gasteiger partial charge on any atom is -0.493 e. The van der Waals surface area contributed by atoms with Gasteiger partial charge in [0, 0.05) is 12.1 Å². The Morgan fingerprint density at radius 1 is 1.03 bits per heavy atom. The van der Waals surface area contributed by atoms with Crippen molar-refractivity contribution in [2.75, 3.05) is 27.1 Å². The molecular formula is C24H27N3O5S. The van der Waals surface area contributed by atoms with E-state index >= 15 is 0 Å². The first kappa shape index (κ1) is 24.2. The van der Waals surface area contributed by atoms with Gasteiger partial charge in [-0.25, -0.2) is 0 Å². The molecule has 3 rings (SSSR count). The molecular weight excluding hydrogens is 442 g/mol. The Hall–Kier alpha value is -3.46. The van der Waals surface area contributed by atoms with Gasteiger partial charge in [0.1, 0.15) is 0 Å². The maximum atomic E-state index is 12.8. The van der Waals surface area contributed by atoms with Gasteiger partial charge in [0.05, 0.1) is 27.1 Å². The van der Waals surface area contributed by atoms with E-state index in [9.17, 15) is 4.79 Å². The number of carbonyl (C=O) groups is 1. The summed E-state index contributed by atoms with van der Waals surface area (Å²) in [6.45, 7) is 6.20. The fraction of sp³-hybridized carbons (Fsp3) is 0.292. The Labute approximate surface area is 197 Å². The van der Waals surface area contributed by atoms with E-state index in [1.807, 2.05) is 35.8 Å². The third kappa shape index (κ3) is 5.67. The van der Waals surface area contributed by atoms with Crippen molar-refractivity contribution in [2.24, 2.45) is 0 Å². The van der Waals surface area contributed by atoms with E-state index < -0.39 is 6.10 Å². The number of ketones is 1. The number of methoxy groups -OCH3 is 3. The SMILES string of the molecule is C=CCn1c(SCC(=O)c2ccc(OC)c(OC)c2)nnc1C(C)Oc1ccccc1OC. The van der Waals surface area contributed by atoms with Crippen LogP contribution in [0, 0.1) is 0 Å². The van der Waals surface area contributed by atoms with E-state index in [4.69, 9.17) is 18.9 Å². The van der Waals surface area contributed by atoms with Crippen LogP contribution in [-0.4, -0.2) is 47.6 Å². The summed E-state index contributed by atoms with van der Waals surface area (Å²) in [5.41, 5.74) is 0.531. The maximum Gasteiger partial charge on any atom is 0.192 e. The second-order valence-electron chi connectivity index (χ2n) is 6.93. The summed E-state index contributed by atoms with van der Waals surface area (Å²) in [5, 5.41) is 9.21. The molecule has 0 aliphatic rings. The number of rotatable bonds is 12. The zero-order chi connectivity index (χ0) is 23.8. The molecule has 9 heteroatoms. The third-order valence-corrected chi connectivity index (χ3v) is 5.80. The van der Waals surface area contributed by atoms with Gasteiger partial charge in [0.2, 0.25) is 0 Å². The molecule has 0 radical (unpaired) electrons. The highest BCUT2D eigenvalue weighted by molar-refractivity contribution is 7.99. The average molecular weight is 470 g/mol. The molecule has 1 heterocycles. The summed E-state index contributed by atoms with van der Waals surface area (Å²) in [6.07, 6.45) is 1.35. The molecule has 0 spiro atoms. The van der Waals surface area contributed by atoms with Gasteiger partial charge in [0.15, 0.2) is 45.9 Å². The van der Waals surface area contributed by atoms with Gasteiger partial charge < -0.3 is 18.9 Å². The van der Waals surface area contributed by atoms with Crippen molar-refractivity contribution in [1.29, 1.82) is 0 Å². The summed E-state index contributed by atoms with van der Waals surface area (Å²) in [6, 6.07) is 12.5. The molecule has 0 saturated heterocycles. The van der Waals surface area contributed by atoms with Gasteiger partial charge in [-0.2, -0.15) is 0 Å². The molecule has 174 valence electrons. The van der Waals surface area contributed by atoms with Crippen molar-refractivity contribution in [3.8, 4) is 23.0 Å². The van der Waals surface area contributed by atoms with Gasteiger partial charge in [-0.1, -0.05) is 30.0 Å². The highest BCUT2D eigenvalue weighted by Crippen LogP contribution is 2.32. The summed E-state index contributed by atoms with van der Waals surface area (Å²) in [5.74, 6) is 3.07. The first-order valence-corrected chi connectivity index (χ1v) is 11.2. The van der Waals surface area contributed by atoms with Crippen LogP contribution in [0.1, 0.15) is 29.2 Å². The molecule has 8 nitrogen and oxygen atoms in total. The van der Waals surface area contributed by atoms with Crippen LogP contribution >= 0.6 is 11.8 Å². The molecule has 33 heavy (non-hydrogen) atoms. The predicted molar refractivity (Wildman–Crippen MR) is 127 cm³/mol. The Morgan fingerprint density at radius 2 is 1.70 bits per heavy atom. The number of hydrogen-bond acceptors (Lipinski definition) is 8. The van der Waals surface area contributed by atoms with Crippen molar-refractivity contribution in [1.82, 2.24) is 14.8 Å². The monoisotopic (exact) mass is 469 g/mol. The molecule has 1 atom stereocenters. The number of Topliss-reactive ketones (excluding diaryl/α,β-unsaturated/α-hetero) is 1. The smallest absolute Gasteiger partial charge is 0.192 e. The topological polar surface area (TPSA) is 84.7 Å². The Morgan fingerprint density at radius 3 is 2.36 bits per heavy atom. The maximum absolute atomic E-state index is 12.8. The van der Waals surface area contributed by atoms with E-state index in [2.05, 4.69) is 16.8 Å². The van der Waals surface area contributed by atoms with Gasteiger partial charge in [0.25, 0.3) is 0 Å². The number of ether oxygens (including phenoxy) is 4. The zero-order valence-corrected chi connectivity index (χ0v) is 19.9. The minimum absolute atomic E-state index is 0.0611. The van der Waals surface area contributed by atoms with Crippen LogP contribution in [0.15, 0.2) is 60.3 Å². The van der Waals surface area contributed by atoms with Crippen molar-refractivity contribution >= 4 is 17.5 Å². The highest BCUT2D eigenvalue weighted by atomic mass is 32.2. The number of thioether (sulfide) groups is 1. The summed E-state index contributed by atoms with van der Waals surface area (Å²) >= 11 is 1.31. The summed E-state index contributed by atoms with van der Waals surface area (Å²) in [7, 11) is 4.68. The fourth-order valence-electron chi connectivity index (χ4n) is 3.19. The van der Waals surface area contributed by atoms with Crippen molar-refractivity contribution in [3.05, 3.63) is 66.5 Å². The number of benzene rings is 2. The molecule has 0 amide bonds.